The Bertz CT molecular complexity index is 1100. The van der Waals surface area contributed by atoms with E-state index in [1.54, 1.807) is 16.8 Å². The van der Waals surface area contributed by atoms with Gasteiger partial charge in [-0.3, -0.25) is 4.79 Å². The van der Waals surface area contributed by atoms with Gasteiger partial charge >= 0.3 is 12.1 Å². The van der Waals surface area contributed by atoms with Gasteiger partial charge < -0.3 is 29.2 Å². The smallest absolute Gasteiger partial charge is 0.458 e. The van der Waals surface area contributed by atoms with Crippen LogP contribution in [0.3, 0.4) is 0 Å². The number of carbonyl (C=O) groups is 2. The molecule has 0 spiro atoms. The topological polar surface area (TPSA) is 128 Å². The Morgan fingerprint density at radius 3 is 2.75 bits per heavy atom. The van der Waals surface area contributed by atoms with Gasteiger partial charge in [-0.05, 0) is 24.1 Å². The van der Waals surface area contributed by atoms with E-state index in [2.05, 4.69) is 22.8 Å². The first kappa shape index (κ1) is 27.6. The number of unbranched alkanes of at least 4 members (excludes halogenated alkanes) is 5. The van der Waals surface area contributed by atoms with Gasteiger partial charge in [-0.15, -0.1) is 6.42 Å². The normalized spacial score (nSPS) is 21.3. The summed E-state index contributed by atoms with van der Waals surface area (Å²) in [5.41, 5.74) is 5.01. The minimum atomic E-state index is -1.45. The van der Waals surface area contributed by atoms with Gasteiger partial charge in [0.1, 0.15) is 24.2 Å². The Balaban J connectivity index is 1.61. The Morgan fingerprint density at radius 2 is 2.03 bits per heavy atom. The van der Waals surface area contributed by atoms with Gasteiger partial charge in [0.15, 0.2) is 5.60 Å². The SMILES string of the molecule is C#C[C@]1(COC(=O)OCCCCCCCC)O[C@@H](Cn2ccc3c(N)nc(Cl)nc32)C[C@@H]1OC(C)=O. The Kier molecular flexibility index (Phi) is 9.79. The van der Waals surface area contributed by atoms with E-state index in [9.17, 15) is 9.59 Å². The van der Waals surface area contributed by atoms with E-state index < -0.39 is 29.9 Å². The first-order valence-electron chi connectivity index (χ1n) is 12.2. The van der Waals surface area contributed by atoms with Crippen molar-refractivity contribution in [1.82, 2.24) is 14.5 Å². The van der Waals surface area contributed by atoms with E-state index in [-0.39, 0.29) is 30.7 Å². The van der Waals surface area contributed by atoms with Gasteiger partial charge in [-0.2, -0.15) is 4.98 Å². The zero-order chi connectivity index (χ0) is 26.1. The molecule has 1 saturated heterocycles. The monoisotopic (exact) mass is 520 g/mol. The van der Waals surface area contributed by atoms with Gasteiger partial charge in [0, 0.05) is 19.5 Å². The summed E-state index contributed by atoms with van der Waals surface area (Å²) >= 11 is 5.97. The second-order valence-corrected chi connectivity index (χ2v) is 9.18. The fourth-order valence-corrected chi connectivity index (χ4v) is 4.45. The van der Waals surface area contributed by atoms with Crippen LogP contribution in [0.5, 0.6) is 0 Å². The molecule has 0 aliphatic carbocycles. The van der Waals surface area contributed by atoms with Crippen LogP contribution in [0.2, 0.25) is 5.28 Å². The van der Waals surface area contributed by atoms with Crippen molar-refractivity contribution in [2.45, 2.75) is 83.1 Å². The number of fused-ring (bicyclic) bond motifs is 1. The molecule has 3 rings (SSSR count). The maximum Gasteiger partial charge on any atom is 0.508 e. The molecule has 0 unspecified atom stereocenters. The van der Waals surface area contributed by atoms with Gasteiger partial charge in [-0.1, -0.05) is 44.9 Å². The van der Waals surface area contributed by atoms with E-state index in [0.29, 0.717) is 17.6 Å². The lowest BCUT2D eigenvalue weighted by Gasteiger charge is -2.28. The molecule has 0 aromatic carbocycles. The van der Waals surface area contributed by atoms with Crippen molar-refractivity contribution in [3.8, 4) is 12.3 Å². The van der Waals surface area contributed by atoms with Gasteiger partial charge in [0.2, 0.25) is 5.28 Å². The molecule has 1 aliphatic rings. The lowest BCUT2D eigenvalue weighted by Crippen LogP contribution is -2.45. The Labute approximate surface area is 215 Å². The first-order valence-corrected chi connectivity index (χ1v) is 12.6. The molecular formula is C25H33ClN4O6. The highest BCUT2D eigenvalue weighted by molar-refractivity contribution is 6.28. The van der Waals surface area contributed by atoms with Gasteiger partial charge in [-0.25, -0.2) is 9.78 Å². The minimum Gasteiger partial charge on any atom is -0.458 e. The van der Waals surface area contributed by atoms with Crippen molar-refractivity contribution in [3.63, 3.8) is 0 Å². The predicted octanol–water partition coefficient (Wildman–Crippen LogP) is 4.27. The average Bonchev–Trinajstić information content (AvgIpc) is 3.38. The number of aromatic nitrogens is 3. The van der Waals surface area contributed by atoms with Crippen LogP contribution in [-0.4, -0.2) is 57.7 Å². The Hall–Kier alpha value is -3.03. The number of hydrogen-bond acceptors (Lipinski definition) is 9. The van der Waals surface area contributed by atoms with Crippen LogP contribution in [-0.2, 0) is 30.3 Å². The molecule has 3 atom stereocenters. The predicted molar refractivity (Wildman–Crippen MR) is 134 cm³/mol. The van der Waals surface area contributed by atoms with Crippen molar-refractivity contribution in [3.05, 3.63) is 17.5 Å². The van der Waals surface area contributed by atoms with Crippen LogP contribution in [0.1, 0.15) is 58.8 Å². The summed E-state index contributed by atoms with van der Waals surface area (Å²) in [5.74, 6) is 2.28. The summed E-state index contributed by atoms with van der Waals surface area (Å²) in [5, 5.41) is 0.671. The highest BCUT2D eigenvalue weighted by Gasteiger charge is 2.51. The number of ether oxygens (including phenoxy) is 4. The van der Waals surface area contributed by atoms with E-state index in [0.717, 1.165) is 19.3 Å². The highest BCUT2D eigenvalue weighted by atomic mass is 35.5. The average molecular weight is 521 g/mol. The molecule has 0 amide bonds. The van der Waals surface area contributed by atoms with Crippen molar-refractivity contribution < 1.29 is 28.5 Å². The molecule has 36 heavy (non-hydrogen) atoms. The molecule has 0 saturated carbocycles. The lowest BCUT2D eigenvalue weighted by atomic mass is 9.98. The largest absolute Gasteiger partial charge is 0.508 e. The number of nitrogens with zero attached hydrogens (tertiary/aromatic N) is 3. The highest BCUT2D eigenvalue weighted by Crippen LogP contribution is 2.35. The van der Waals surface area contributed by atoms with E-state index >= 15 is 0 Å². The number of anilines is 1. The standard InChI is InChI=1S/C25H33ClN4O6/c1-4-6-7-8-9-10-13-33-24(32)34-16-25(5-2)20(35-17(3)31)14-18(36-25)15-30-12-11-19-21(27)28-23(26)29-22(19)30/h2,11-12,18,20H,4,6-10,13-16H2,1,3H3,(H2,27,28,29)/t18-,20+,25-/m1/s1. The summed E-state index contributed by atoms with van der Waals surface area (Å²) < 4.78 is 23.9. The van der Waals surface area contributed by atoms with Crippen molar-refractivity contribution in [1.29, 1.82) is 0 Å². The molecular weight excluding hydrogens is 488 g/mol. The quantitative estimate of drug-likeness (QED) is 0.189. The number of carbonyl (C=O) groups excluding carboxylic acids is 2. The first-order chi connectivity index (χ1) is 17.3. The number of nitrogen functional groups attached to an aromatic ring is 1. The van der Waals surface area contributed by atoms with E-state index in [1.807, 2.05) is 0 Å². The summed E-state index contributed by atoms with van der Waals surface area (Å²) in [4.78, 5) is 32.1. The van der Waals surface area contributed by atoms with Gasteiger partial charge in [0.25, 0.3) is 0 Å². The van der Waals surface area contributed by atoms with Crippen LogP contribution in [0.4, 0.5) is 10.6 Å². The van der Waals surface area contributed by atoms with Crippen molar-refractivity contribution in [2.24, 2.45) is 0 Å². The fraction of sp³-hybridized carbons (Fsp3) is 0.600. The molecule has 2 N–H and O–H groups in total. The van der Waals surface area contributed by atoms with E-state index in [4.69, 9.17) is 42.7 Å². The zero-order valence-corrected chi connectivity index (χ0v) is 21.5. The maximum absolute atomic E-state index is 12.2. The number of nitrogens with two attached hydrogens (primary N) is 1. The molecule has 0 radical (unpaired) electrons. The molecule has 2 aromatic heterocycles. The molecule has 3 heterocycles. The Morgan fingerprint density at radius 1 is 1.28 bits per heavy atom. The summed E-state index contributed by atoms with van der Waals surface area (Å²) in [6, 6.07) is 1.77. The number of esters is 1. The second-order valence-electron chi connectivity index (χ2n) is 8.85. The maximum atomic E-state index is 12.2. The summed E-state index contributed by atoms with van der Waals surface area (Å²) in [6.45, 7) is 3.71. The van der Waals surface area contributed by atoms with Crippen LogP contribution < -0.4 is 5.73 Å². The third-order valence-electron chi connectivity index (χ3n) is 6.07. The second kappa shape index (κ2) is 12.8. The summed E-state index contributed by atoms with van der Waals surface area (Å²) in [6.07, 6.45) is 12.1. The van der Waals surface area contributed by atoms with Crippen molar-refractivity contribution >= 4 is 40.6 Å². The number of rotatable bonds is 12. The third-order valence-corrected chi connectivity index (χ3v) is 6.24. The number of hydrogen-bond donors (Lipinski definition) is 1. The fourth-order valence-electron chi connectivity index (χ4n) is 4.27. The van der Waals surface area contributed by atoms with E-state index in [1.165, 1.54) is 26.2 Å². The molecule has 196 valence electrons. The number of terminal acetylenes is 1. The van der Waals surface area contributed by atoms with Crippen LogP contribution in [0.15, 0.2) is 12.3 Å². The molecule has 10 nitrogen and oxygen atoms in total. The third kappa shape index (κ3) is 7.02. The summed E-state index contributed by atoms with van der Waals surface area (Å²) in [7, 11) is 0. The zero-order valence-electron chi connectivity index (χ0n) is 20.7. The lowest BCUT2D eigenvalue weighted by molar-refractivity contribution is -0.155. The van der Waals surface area contributed by atoms with Crippen LogP contribution >= 0.6 is 11.6 Å². The molecule has 1 fully saturated rings. The van der Waals surface area contributed by atoms with Crippen LogP contribution in [0.25, 0.3) is 11.0 Å². The van der Waals surface area contributed by atoms with Gasteiger partial charge in [0.05, 0.1) is 24.6 Å². The van der Waals surface area contributed by atoms with Crippen LogP contribution in [0, 0.1) is 12.3 Å². The molecule has 11 heteroatoms. The molecule has 2 aromatic rings. The number of halogens is 1. The molecule has 0 bridgehead atoms. The molecule has 1 aliphatic heterocycles. The van der Waals surface area contributed by atoms with Crippen molar-refractivity contribution in [2.75, 3.05) is 18.9 Å². The minimum absolute atomic E-state index is 0.0240.